The summed E-state index contributed by atoms with van der Waals surface area (Å²) in [6.07, 6.45) is 0.826. The zero-order valence-electron chi connectivity index (χ0n) is 35.1. The Balaban J connectivity index is 1.02. The highest BCUT2D eigenvalue weighted by Crippen LogP contribution is 2.35. The smallest absolute Gasteiger partial charge is 0.338 e. The van der Waals surface area contributed by atoms with E-state index >= 15 is 0 Å². The molecule has 2 unspecified atom stereocenters. The van der Waals surface area contributed by atoms with E-state index in [1.165, 1.54) is 0 Å². The summed E-state index contributed by atoms with van der Waals surface area (Å²) in [5, 5.41) is 6.03. The van der Waals surface area contributed by atoms with Gasteiger partial charge in [-0.1, -0.05) is 84.9 Å². The quantitative estimate of drug-likeness (QED) is 0.0797. The van der Waals surface area contributed by atoms with Gasteiger partial charge in [0.1, 0.15) is 11.5 Å². The average molecular weight is 815 g/mol. The molecule has 6 rings (SSSR count). The SMILES string of the molecule is CC1=C(C(=O)OC(C)C)C(c2ccc(OCCCCOc3ccc(C4NC(=O)N(Cc5ccccc5)C(C)=C4C(=O)OC(C)C)cc3)cc2)NC(=O)N1Cc1ccccc1. The van der Waals surface area contributed by atoms with Crippen LogP contribution in [0.25, 0.3) is 0 Å². The molecule has 314 valence electrons. The molecule has 4 aromatic carbocycles. The second-order valence-corrected chi connectivity index (χ2v) is 15.4. The second kappa shape index (κ2) is 19.9. The van der Waals surface area contributed by atoms with Gasteiger partial charge in [-0.05, 0) is 101 Å². The molecule has 0 bridgehead atoms. The molecule has 0 saturated heterocycles. The van der Waals surface area contributed by atoms with Crippen molar-refractivity contribution in [3.63, 3.8) is 0 Å². The van der Waals surface area contributed by atoms with Crippen LogP contribution in [0.4, 0.5) is 9.59 Å². The van der Waals surface area contributed by atoms with Gasteiger partial charge in [0.15, 0.2) is 0 Å². The standard InChI is InChI=1S/C48H54N4O8/c1-31(2)59-45(53)41-33(5)51(29-35-15-9-7-10-16-35)47(55)49-43(41)37-19-23-39(24-20-37)57-27-13-14-28-58-40-25-21-38(22-26-40)44-42(46(54)60-32(3)4)34(6)52(48(56)50-44)30-36-17-11-8-12-18-36/h7-12,15-26,31-32,43-44H,13-14,27-30H2,1-6H3,(H,49,55)(H,50,56). The first kappa shape index (κ1) is 43.0. The maximum atomic E-state index is 13.4. The number of carbonyl (C=O) groups excluding carboxylic acids is 4. The van der Waals surface area contributed by atoms with Gasteiger partial charge in [0.05, 0.1) is 61.7 Å². The van der Waals surface area contributed by atoms with Gasteiger partial charge in [-0.3, -0.25) is 9.80 Å². The number of nitrogens with one attached hydrogen (secondary N) is 2. The summed E-state index contributed by atoms with van der Waals surface area (Å²) in [5.41, 5.74) is 5.22. The van der Waals surface area contributed by atoms with Crippen molar-refractivity contribution in [3.8, 4) is 11.5 Å². The molecule has 60 heavy (non-hydrogen) atoms. The summed E-state index contributed by atoms with van der Waals surface area (Å²) in [6.45, 7) is 12.3. The Hall–Kier alpha value is -6.56. The molecule has 0 saturated carbocycles. The molecule has 2 heterocycles. The lowest BCUT2D eigenvalue weighted by Crippen LogP contribution is -2.47. The van der Waals surface area contributed by atoms with Crippen molar-refractivity contribution in [3.05, 3.63) is 154 Å². The number of hydrogen-bond acceptors (Lipinski definition) is 8. The Kier molecular flexibility index (Phi) is 14.3. The predicted octanol–water partition coefficient (Wildman–Crippen LogP) is 8.91. The molecule has 2 aliphatic rings. The van der Waals surface area contributed by atoms with Crippen LogP contribution >= 0.6 is 0 Å². The monoisotopic (exact) mass is 814 g/mol. The average Bonchev–Trinajstić information content (AvgIpc) is 3.22. The van der Waals surface area contributed by atoms with E-state index in [1.807, 2.05) is 109 Å². The molecule has 0 aromatic heterocycles. The number of carbonyl (C=O) groups is 4. The highest BCUT2D eigenvalue weighted by atomic mass is 16.5. The van der Waals surface area contributed by atoms with Crippen LogP contribution in [-0.4, -0.2) is 59.2 Å². The van der Waals surface area contributed by atoms with Crippen molar-refractivity contribution in [1.82, 2.24) is 20.4 Å². The van der Waals surface area contributed by atoms with E-state index in [-0.39, 0.29) is 24.3 Å². The molecule has 2 atom stereocenters. The van der Waals surface area contributed by atoms with Gasteiger partial charge in [-0.15, -0.1) is 0 Å². The molecule has 4 amide bonds. The molecule has 12 heteroatoms. The number of hydrogen-bond donors (Lipinski definition) is 2. The normalized spacial score (nSPS) is 16.8. The summed E-state index contributed by atoms with van der Waals surface area (Å²) >= 11 is 0. The lowest BCUT2D eigenvalue weighted by atomic mass is 9.94. The van der Waals surface area contributed by atoms with Crippen LogP contribution in [0.3, 0.4) is 0 Å². The third-order valence-corrected chi connectivity index (χ3v) is 10.2. The fourth-order valence-electron chi connectivity index (χ4n) is 7.16. The number of nitrogens with zero attached hydrogens (tertiary/aromatic N) is 2. The molecule has 0 aliphatic carbocycles. The number of ether oxygens (including phenoxy) is 4. The van der Waals surface area contributed by atoms with Gasteiger partial charge in [-0.25, -0.2) is 19.2 Å². The van der Waals surface area contributed by atoms with Crippen molar-refractivity contribution in [2.45, 2.75) is 91.8 Å². The molecular weight excluding hydrogens is 761 g/mol. The lowest BCUT2D eigenvalue weighted by Gasteiger charge is -2.35. The largest absolute Gasteiger partial charge is 0.494 e. The Morgan fingerprint density at radius 3 is 1.23 bits per heavy atom. The molecule has 2 aliphatic heterocycles. The minimum atomic E-state index is -0.684. The van der Waals surface area contributed by atoms with Crippen molar-refractivity contribution in [2.24, 2.45) is 0 Å². The lowest BCUT2D eigenvalue weighted by molar-refractivity contribution is -0.144. The van der Waals surface area contributed by atoms with Crippen LogP contribution in [0.1, 0.15) is 88.7 Å². The Bertz CT molecular complexity index is 2030. The van der Waals surface area contributed by atoms with Crippen LogP contribution in [-0.2, 0) is 32.2 Å². The third-order valence-electron chi connectivity index (χ3n) is 10.2. The van der Waals surface area contributed by atoms with Crippen molar-refractivity contribution in [2.75, 3.05) is 13.2 Å². The Labute approximate surface area is 352 Å². The highest BCUT2D eigenvalue weighted by molar-refractivity contribution is 5.96. The Morgan fingerprint density at radius 2 is 0.900 bits per heavy atom. The van der Waals surface area contributed by atoms with Gasteiger partial charge < -0.3 is 29.6 Å². The number of amides is 4. The summed E-state index contributed by atoms with van der Waals surface area (Å²) in [4.78, 5) is 56.6. The molecule has 0 spiro atoms. The number of unbranched alkanes of at least 4 members (excludes halogenated alkanes) is 1. The molecule has 0 fully saturated rings. The summed E-state index contributed by atoms with van der Waals surface area (Å²) in [5.74, 6) is 0.374. The Morgan fingerprint density at radius 1 is 0.550 bits per heavy atom. The summed E-state index contributed by atoms with van der Waals surface area (Å²) < 4.78 is 23.3. The topological polar surface area (TPSA) is 136 Å². The zero-order valence-corrected chi connectivity index (χ0v) is 35.1. The first-order valence-corrected chi connectivity index (χ1v) is 20.4. The van der Waals surface area contributed by atoms with E-state index in [0.717, 1.165) is 35.1 Å². The van der Waals surface area contributed by atoms with Gasteiger partial charge in [0, 0.05) is 11.4 Å². The van der Waals surface area contributed by atoms with E-state index in [9.17, 15) is 19.2 Å². The van der Waals surface area contributed by atoms with Crippen LogP contribution < -0.4 is 20.1 Å². The van der Waals surface area contributed by atoms with Crippen LogP contribution in [0.2, 0.25) is 0 Å². The van der Waals surface area contributed by atoms with Gasteiger partial charge >= 0.3 is 24.0 Å². The maximum absolute atomic E-state index is 13.4. The molecule has 0 radical (unpaired) electrons. The van der Waals surface area contributed by atoms with E-state index in [0.29, 0.717) is 60.3 Å². The second-order valence-electron chi connectivity index (χ2n) is 15.4. The fourth-order valence-corrected chi connectivity index (χ4v) is 7.16. The van der Waals surface area contributed by atoms with Crippen LogP contribution in [0.15, 0.2) is 132 Å². The van der Waals surface area contributed by atoms with Crippen LogP contribution in [0, 0.1) is 0 Å². The van der Waals surface area contributed by atoms with E-state index in [1.54, 1.807) is 51.3 Å². The minimum Gasteiger partial charge on any atom is -0.494 e. The predicted molar refractivity (Wildman–Crippen MR) is 227 cm³/mol. The van der Waals surface area contributed by atoms with E-state index in [4.69, 9.17) is 18.9 Å². The van der Waals surface area contributed by atoms with E-state index < -0.39 is 24.0 Å². The maximum Gasteiger partial charge on any atom is 0.338 e. The van der Waals surface area contributed by atoms with Crippen molar-refractivity contribution >= 4 is 24.0 Å². The zero-order chi connectivity index (χ0) is 42.8. The first-order chi connectivity index (χ1) is 28.9. The number of benzene rings is 4. The van der Waals surface area contributed by atoms with Gasteiger partial charge in [0.2, 0.25) is 0 Å². The highest BCUT2D eigenvalue weighted by Gasteiger charge is 2.38. The summed E-state index contributed by atoms with van der Waals surface area (Å²) in [6, 6.07) is 32.0. The molecular formula is C48H54N4O8. The molecule has 12 nitrogen and oxygen atoms in total. The first-order valence-electron chi connectivity index (χ1n) is 20.4. The number of rotatable bonds is 17. The van der Waals surface area contributed by atoms with E-state index in [2.05, 4.69) is 10.6 Å². The minimum absolute atomic E-state index is 0.296. The van der Waals surface area contributed by atoms with Crippen molar-refractivity contribution < 1.29 is 38.1 Å². The molecule has 2 N–H and O–H groups in total. The summed E-state index contributed by atoms with van der Waals surface area (Å²) in [7, 11) is 0. The fraction of sp³-hybridized carbons (Fsp3) is 0.333. The molecule has 4 aromatic rings. The number of urea groups is 2. The van der Waals surface area contributed by atoms with Gasteiger partial charge in [0.25, 0.3) is 0 Å². The van der Waals surface area contributed by atoms with Crippen molar-refractivity contribution in [1.29, 1.82) is 0 Å². The number of esters is 2. The van der Waals surface area contributed by atoms with Crippen LogP contribution in [0.5, 0.6) is 11.5 Å². The third kappa shape index (κ3) is 10.7. The number of allylic oxidation sites excluding steroid dienone is 2. The van der Waals surface area contributed by atoms with Gasteiger partial charge in [-0.2, -0.15) is 0 Å².